The van der Waals surface area contributed by atoms with Crippen LogP contribution in [0.25, 0.3) is 17.4 Å². The first-order chi connectivity index (χ1) is 16.9. The summed E-state index contributed by atoms with van der Waals surface area (Å²) in [7, 11) is 1.26. The van der Waals surface area contributed by atoms with Crippen molar-refractivity contribution in [3.05, 3.63) is 107 Å². The quantitative estimate of drug-likeness (QED) is 0.223. The number of nitrogens with one attached hydrogen (secondary N) is 1. The molecule has 0 aliphatic carbocycles. The predicted molar refractivity (Wildman–Crippen MR) is 129 cm³/mol. The zero-order valence-electron chi connectivity index (χ0n) is 18.6. The van der Waals surface area contributed by atoms with Gasteiger partial charge in [0.1, 0.15) is 5.75 Å². The normalized spacial score (nSPS) is 10.8. The topological polar surface area (TPSA) is 119 Å². The highest BCUT2D eigenvalue weighted by Gasteiger charge is 2.14. The predicted octanol–water partition coefficient (Wildman–Crippen LogP) is 4.98. The zero-order valence-corrected chi connectivity index (χ0v) is 18.6. The summed E-state index contributed by atoms with van der Waals surface area (Å²) in [5.74, 6) is -0.974. The SMILES string of the molecule is COC(=O)c1cc(-c2cccc(NC(=O)c3ccc(/C=C/C(=O)c4ccccc4O)cc3)c2)on1. The molecular formula is C27H20N2O6. The first-order valence-corrected chi connectivity index (χ1v) is 10.5. The number of rotatable bonds is 7. The van der Waals surface area contributed by atoms with Gasteiger partial charge in [-0.25, -0.2) is 4.79 Å². The number of aromatic hydroxyl groups is 1. The van der Waals surface area contributed by atoms with Crippen LogP contribution in [0.4, 0.5) is 5.69 Å². The third-order valence-electron chi connectivity index (χ3n) is 5.08. The maximum Gasteiger partial charge on any atom is 0.360 e. The van der Waals surface area contributed by atoms with Gasteiger partial charge in [0.05, 0.1) is 12.7 Å². The van der Waals surface area contributed by atoms with Crippen molar-refractivity contribution in [1.29, 1.82) is 0 Å². The van der Waals surface area contributed by atoms with E-state index in [1.165, 1.54) is 25.3 Å². The second-order valence-corrected chi connectivity index (χ2v) is 7.44. The Hall–Kier alpha value is -4.98. The van der Waals surface area contributed by atoms with E-state index in [4.69, 9.17) is 4.52 Å². The van der Waals surface area contributed by atoms with Crippen LogP contribution in [0.2, 0.25) is 0 Å². The van der Waals surface area contributed by atoms with E-state index >= 15 is 0 Å². The van der Waals surface area contributed by atoms with Gasteiger partial charge in [0.2, 0.25) is 0 Å². The minimum Gasteiger partial charge on any atom is -0.507 e. The lowest BCUT2D eigenvalue weighted by atomic mass is 10.1. The highest BCUT2D eigenvalue weighted by molar-refractivity contribution is 6.08. The molecule has 0 aliphatic heterocycles. The van der Waals surface area contributed by atoms with Crippen LogP contribution in [0.1, 0.15) is 36.8 Å². The number of aromatic nitrogens is 1. The van der Waals surface area contributed by atoms with Crippen molar-refractivity contribution in [3.63, 3.8) is 0 Å². The maximum absolute atomic E-state index is 12.7. The van der Waals surface area contributed by atoms with Gasteiger partial charge >= 0.3 is 5.97 Å². The van der Waals surface area contributed by atoms with Crippen LogP contribution >= 0.6 is 0 Å². The molecule has 0 spiro atoms. The van der Waals surface area contributed by atoms with E-state index in [1.807, 2.05) is 0 Å². The first kappa shape index (κ1) is 23.2. The smallest absolute Gasteiger partial charge is 0.360 e. The third-order valence-corrected chi connectivity index (χ3v) is 5.08. The summed E-state index contributed by atoms with van der Waals surface area (Å²) >= 11 is 0. The van der Waals surface area contributed by atoms with Crippen LogP contribution in [0.5, 0.6) is 5.75 Å². The van der Waals surface area contributed by atoms with E-state index in [-0.39, 0.29) is 28.7 Å². The van der Waals surface area contributed by atoms with Crippen LogP contribution in [-0.4, -0.2) is 35.0 Å². The molecular weight excluding hydrogens is 448 g/mol. The molecule has 1 heterocycles. The molecule has 1 amide bonds. The second-order valence-electron chi connectivity index (χ2n) is 7.44. The van der Waals surface area contributed by atoms with Gasteiger partial charge in [0, 0.05) is 22.9 Å². The number of nitrogens with zero attached hydrogens (tertiary/aromatic N) is 1. The first-order valence-electron chi connectivity index (χ1n) is 10.5. The van der Waals surface area contributed by atoms with Gasteiger partial charge in [0.25, 0.3) is 5.91 Å². The van der Waals surface area contributed by atoms with Gasteiger partial charge in [-0.05, 0) is 48.0 Å². The molecule has 0 bridgehead atoms. The number of para-hydroxylation sites is 1. The number of esters is 1. The lowest BCUT2D eigenvalue weighted by Gasteiger charge is -2.07. The average molecular weight is 468 g/mol. The Kier molecular flexibility index (Phi) is 6.83. The van der Waals surface area contributed by atoms with E-state index < -0.39 is 5.97 Å². The highest BCUT2D eigenvalue weighted by atomic mass is 16.5. The molecule has 0 aliphatic rings. The Bertz CT molecular complexity index is 1420. The van der Waals surface area contributed by atoms with E-state index in [1.54, 1.807) is 72.8 Å². The summed E-state index contributed by atoms with van der Waals surface area (Å²) in [6, 6.07) is 21.4. The second kappa shape index (κ2) is 10.3. The number of hydrogen-bond acceptors (Lipinski definition) is 7. The van der Waals surface area contributed by atoms with Crippen molar-refractivity contribution in [2.45, 2.75) is 0 Å². The number of phenolic OH excluding ortho intramolecular Hbond substituents is 1. The molecule has 174 valence electrons. The number of ether oxygens (including phenoxy) is 1. The molecule has 2 N–H and O–H groups in total. The van der Waals surface area contributed by atoms with Crippen LogP contribution < -0.4 is 5.32 Å². The van der Waals surface area contributed by atoms with Gasteiger partial charge in [0.15, 0.2) is 17.2 Å². The molecule has 8 nitrogen and oxygen atoms in total. The number of phenols is 1. The standard InChI is InChI=1S/C27H20N2O6/c1-34-27(33)22-16-25(35-29-22)19-5-4-6-20(15-19)28-26(32)18-12-9-17(10-13-18)11-14-24(31)21-7-2-3-8-23(21)30/h2-16,30H,1H3,(H,28,32)/b14-11+. The highest BCUT2D eigenvalue weighted by Crippen LogP contribution is 2.24. The van der Waals surface area contributed by atoms with Crippen molar-refractivity contribution in [2.75, 3.05) is 12.4 Å². The van der Waals surface area contributed by atoms with Crippen molar-refractivity contribution >= 4 is 29.4 Å². The summed E-state index contributed by atoms with van der Waals surface area (Å²) in [4.78, 5) is 36.5. The average Bonchev–Trinajstić information content (AvgIpc) is 3.38. The zero-order chi connectivity index (χ0) is 24.8. The van der Waals surface area contributed by atoms with E-state index in [0.29, 0.717) is 22.6 Å². The van der Waals surface area contributed by atoms with Gasteiger partial charge in [-0.15, -0.1) is 0 Å². The minimum atomic E-state index is -0.606. The largest absolute Gasteiger partial charge is 0.507 e. The van der Waals surface area contributed by atoms with Crippen LogP contribution in [0.3, 0.4) is 0 Å². The van der Waals surface area contributed by atoms with Crippen molar-refractivity contribution in [1.82, 2.24) is 5.16 Å². The number of methoxy groups -OCH3 is 1. The molecule has 8 heteroatoms. The fourth-order valence-corrected chi connectivity index (χ4v) is 3.25. The third kappa shape index (κ3) is 5.51. The van der Waals surface area contributed by atoms with Crippen LogP contribution in [0, 0.1) is 0 Å². The van der Waals surface area contributed by atoms with Crippen LogP contribution in [-0.2, 0) is 4.74 Å². The Balaban J connectivity index is 1.42. The molecule has 0 saturated heterocycles. The maximum atomic E-state index is 12.7. The van der Waals surface area contributed by atoms with E-state index in [9.17, 15) is 19.5 Å². The fraction of sp³-hybridized carbons (Fsp3) is 0.0370. The number of hydrogen-bond donors (Lipinski definition) is 2. The molecule has 0 fully saturated rings. The summed E-state index contributed by atoms with van der Waals surface area (Å²) in [6.07, 6.45) is 2.98. The van der Waals surface area contributed by atoms with Crippen molar-refractivity contribution in [2.24, 2.45) is 0 Å². The fourth-order valence-electron chi connectivity index (χ4n) is 3.25. The molecule has 4 aromatic rings. The van der Waals surface area contributed by atoms with Gasteiger partial charge < -0.3 is 19.7 Å². The molecule has 0 saturated carbocycles. The van der Waals surface area contributed by atoms with Crippen molar-refractivity contribution < 1.29 is 28.8 Å². The summed E-state index contributed by atoms with van der Waals surface area (Å²) in [6.45, 7) is 0. The number of carbonyl (C=O) groups excluding carboxylic acids is 3. The Labute approximate surface area is 200 Å². The molecule has 4 rings (SSSR count). The van der Waals surface area contributed by atoms with E-state index in [0.717, 1.165) is 5.56 Å². The molecule has 0 radical (unpaired) electrons. The Morgan fingerprint density at radius 3 is 2.49 bits per heavy atom. The van der Waals surface area contributed by atoms with E-state index in [2.05, 4.69) is 15.2 Å². The number of allylic oxidation sites excluding steroid dienone is 1. The molecule has 0 atom stereocenters. The number of benzene rings is 3. The summed E-state index contributed by atoms with van der Waals surface area (Å²) in [5.41, 5.74) is 2.56. The Morgan fingerprint density at radius 2 is 1.74 bits per heavy atom. The lowest BCUT2D eigenvalue weighted by Crippen LogP contribution is -2.11. The minimum absolute atomic E-state index is 0.0494. The summed E-state index contributed by atoms with van der Waals surface area (Å²) < 4.78 is 9.82. The van der Waals surface area contributed by atoms with Gasteiger partial charge in [-0.1, -0.05) is 47.6 Å². The molecule has 1 aromatic heterocycles. The lowest BCUT2D eigenvalue weighted by molar-refractivity contribution is 0.0589. The van der Waals surface area contributed by atoms with Crippen LogP contribution in [0.15, 0.2) is 89.5 Å². The molecule has 35 heavy (non-hydrogen) atoms. The number of carbonyl (C=O) groups is 3. The van der Waals surface area contributed by atoms with Crippen molar-refractivity contribution in [3.8, 4) is 17.1 Å². The molecule has 3 aromatic carbocycles. The van der Waals surface area contributed by atoms with Gasteiger partial charge in [-0.2, -0.15) is 0 Å². The monoisotopic (exact) mass is 468 g/mol. The number of amides is 1. The van der Waals surface area contributed by atoms with Gasteiger partial charge in [-0.3, -0.25) is 9.59 Å². The number of ketones is 1. The Morgan fingerprint density at radius 1 is 0.971 bits per heavy atom. The summed E-state index contributed by atoms with van der Waals surface area (Å²) in [5, 5.41) is 16.3. The molecule has 0 unspecified atom stereocenters. The number of anilines is 1.